The zero-order chi connectivity index (χ0) is 13.9. The average molecular weight is 315 g/mol. The Morgan fingerprint density at radius 2 is 2.00 bits per heavy atom. The summed E-state index contributed by atoms with van der Waals surface area (Å²) < 4.78 is 0.681. The van der Waals surface area contributed by atoms with Gasteiger partial charge in [-0.05, 0) is 24.1 Å². The van der Waals surface area contributed by atoms with Gasteiger partial charge in [0.05, 0.1) is 17.3 Å². The first-order valence-electron chi connectivity index (χ1n) is 5.42. The number of carboxylic acid groups (broad SMARTS) is 1. The Kier molecular flexibility index (Phi) is 4.86. The third kappa shape index (κ3) is 3.54. The minimum Gasteiger partial charge on any atom is -0.478 e. The molecule has 1 aromatic rings. The highest BCUT2D eigenvalue weighted by Crippen LogP contribution is 2.22. The standard InChI is InChI=1S/C12H15BrN2O3/c1-6(2)10(14)11(16)15-9-5-7(13)3-4-8(9)12(17)18/h3-6,10H,14H2,1-2H3,(H,15,16)(H,17,18)/t10-/m0/s1. The predicted molar refractivity (Wildman–Crippen MR) is 72.5 cm³/mol. The number of hydrogen-bond donors (Lipinski definition) is 3. The van der Waals surface area contributed by atoms with E-state index in [1.54, 1.807) is 6.07 Å². The van der Waals surface area contributed by atoms with Crippen molar-refractivity contribution in [1.29, 1.82) is 0 Å². The van der Waals surface area contributed by atoms with Crippen molar-refractivity contribution in [3.05, 3.63) is 28.2 Å². The molecule has 18 heavy (non-hydrogen) atoms. The molecule has 4 N–H and O–H groups in total. The number of carbonyl (C=O) groups is 2. The topological polar surface area (TPSA) is 92.4 Å². The van der Waals surface area contributed by atoms with E-state index >= 15 is 0 Å². The van der Waals surface area contributed by atoms with Gasteiger partial charge < -0.3 is 16.2 Å². The van der Waals surface area contributed by atoms with Crippen LogP contribution in [0.25, 0.3) is 0 Å². The van der Waals surface area contributed by atoms with Gasteiger partial charge in [0.25, 0.3) is 0 Å². The van der Waals surface area contributed by atoms with Crippen LogP contribution in [0.15, 0.2) is 22.7 Å². The zero-order valence-electron chi connectivity index (χ0n) is 10.1. The Bertz CT molecular complexity index is 474. The molecule has 6 heteroatoms. The normalized spacial score (nSPS) is 12.3. The van der Waals surface area contributed by atoms with Gasteiger partial charge in [-0.3, -0.25) is 4.79 Å². The van der Waals surface area contributed by atoms with Gasteiger partial charge in [0.15, 0.2) is 0 Å². The number of rotatable bonds is 4. The SMILES string of the molecule is CC(C)[C@H](N)C(=O)Nc1cc(Br)ccc1C(=O)O. The minimum absolute atomic E-state index is 0.0227. The molecule has 5 nitrogen and oxygen atoms in total. The Morgan fingerprint density at radius 3 is 2.50 bits per heavy atom. The molecule has 1 aromatic carbocycles. The van der Waals surface area contributed by atoms with Crippen LogP contribution >= 0.6 is 15.9 Å². The van der Waals surface area contributed by atoms with Gasteiger partial charge in [0, 0.05) is 4.47 Å². The van der Waals surface area contributed by atoms with Gasteiger partial charge in [0.2, 0.25) is 5.91 Å². The van der Waals surface area contributed by atoms with Crippen LogP contribution in [0.3, 0.4) is 0 Å². The molecule has 0 radical (unpaired) electrons. The number of aromatic carboxylic acids is 1. The highest BCUT2D eigenvalue weighted by Gasteiger charge is 2.19. The average Bonchev–Trinajstić information content (AvgIpc) is 2.27. The van der Waals surface area contributed by atoms with Gasteiger partial charge in [-0.2, -0.15) is 0 Å². The van der Waals surface area contributed by atoms with Crippen molar-refractivity contribution in [2.75, 3.05) is 5.32 Å². The molecule has 0 spiro atoms. The number of halogens is 1. The van der Waals surface area contributed by atoms with Crippen LogP contribution in [0.1, 0.15) is 24.2 Å². The third-order valence-electron chi connectivity index (χ3n) is 2.49. The lowest BCUT2D eigenvalue weighted by Crippen LogP contribution is -2.40. The number of nitrogens with one attached hydrogen (secondary N) is 1. The summed E-state index contributed by atoms with van der Waals surface area (Å²) in [6.07, 6.45) is 0. The Labute approximate surface area is 113 Å². The molecule has 98 valence electrons. The second-order valence-corrected chi connectivity index (χ2v) is 5.17. The number of nitrogens with two attached hydrogens (primary N) is 1. The van der Waals surface area contributed by atoms with E-state index in [9.17, 15) is 9.59 Å². The van der Waals surface area contributed by atoms with Gasteiger partial charge in [-0.25, -0.2) is 4.79 Å². The molecule has 0 saturated heterocycles. The first-order chi connectivity index (χ1) is 8.32. The fourth-order valence-electron chi connectivity index (χ4n) is 1.33. The van der Waals surface area contributed by atoms with Crippen molar-refractivity contribution in [2.45, 2.75) is 19.9 Å². The molecule has 0 aliphatic rings. The van der Waals surface area contributed by atoms with E-state index in [-0.39, 0.29) is 17.2 Å². The highest BCUT2D eigenvalue weighted by atomic mass is 79.9. The Hall–Kier alpha value is -1.40. The van der Waals surface area contributed by atoms with Gasteiger partial charge >= 0.3 is 5.97 Å². The first-order valence-corrected chi connectivity index (χ1v) is 6.21. The number of carboxylic acids is 1. The summed E-state index contributed by atoms with van der Waals surface area (Å²) in [6.45, 7) is 3.65. The quantitative estimate of drug-likeness (QED) is 0.793. The molecule has 0 unspecified atom stereocenters. The summed E-state index contributed by atoms with van der Waals surface area (Å²) in [5, 5.41) is 11.6. The van der Waals surface area contributed by atoms with Crippen LogP contribution in [-0.2, 0) is 4.79 Å². The summed E-state index contributed by atoms with van der Waals surface area (Å²) >= 11 is 3.23. The van der Waals surface area contributed by atoms with E-state index in [1.807, 2.05) is 13.8 Å². The molecule has 0 aromatic heterocycles. The van der Waals surface area contributed by atoms with Crippen molar-refractivity contribution in [2.24, 2.45) is 11.7 Å². The molecule has 0 aliphatic carbocycles. The zero-order valence-corrected chi connectivity index (χ0v) is 11.7. The molecule has 0 heterocycles. The van der Waals surface area contributed by atoms with Gasteiger partial charge in [-0.1, -0.05) is 29.8 Å². The molecule has 1 atom stereocenters. The second-order valence-electron chi connectivity index (χ2n) is 4.25. The van der Waals surface area contributed by atoms with Crippen molar-refractivity contribution in [1.82, 2.24) is 0 Å². The maximum Gasteiger partial charge on any atom is 0.337 e. The summed E-state index contributed by atoms with van der Waals surface area (Å²) in [7, 11) is 0. The van der Waals surface area contributed by atoms with Crippen LogP contribution in [-0.4, -0.2) is 23.0 Å². The van der Waals surface area contributed by atoms with E-state index in [0.717, 1.165) is 0 Å². The third-order valence-corrected chi connectivity index (χ3v) is 2.98. The summed E-state index contributed by atoms with van der Waals surface area (Å²) in [5.41, 5.74) is 5.97. The lowest BCUT2D eigenvalue weighted by Gasteiger charge is -2.16. The predicted octanol–water partition coefficient (Wildman–Crippen LogP) is 2.07. The first kappa shape index (κ1) is 14.7. The number of amides is 1. The van der Waals surface area contributed by atoms with Crippen molar-refractivity contribution >= 4 is 33.5 Å². The van der Waals surface area contributed by atoms with Crippen LogP contribution in [0.2, 0.25) is 0 Å². The molecule has 0 fully saturated rings. The van der Waals surface area contributed by atoms with Crippen molar-refractivity contribution < 1.29 is 14.7 Å². The maximum atomic E-state index is 11.8. The molecular weight excluding hydrogens is 300 g/mol. The number of hydrogen-bond acceptors (Lipinski definition) is 3. The summed E-state index contributed by atoms with van der Waals surface area (Å²) in [4.78, 5) is 22.8. The van der Waals surface area contributed by atoms with Crippen LogP contribution < -0.4 is 11.1 Å². The van der Waals surface area contributed by atoms with Crippen molar-refractivity contribution in [3.63, 3.8) is 0 Å². The van der Waals surface area contributed by atoms with E-state index in [0.29, 0.717) is 4.47 Å². The smallest absolute Gasteiger partial charge is 0.337 e. The molecule has 1 amide bonds. The van der Waals surface area contributed by atoms with E-state index < -0.39 is 17.9 Å². The number of anilines is 1. The van der Waals surface area contributed by atoms with E-state index in [4.69, 9.17) is 10.8 Å². The van der Waals surface area contributed by atoms with Crippen LogP contribution in [0, 0.1) is 5.92 Å². The number of carbonyl (C=O) groups excluding carboxylic acids is 1. The molecule has 0 saturated carbocycles. The molecule has 1 rings (SSSR count). The lowest BCUT2D eigenvalue weighted by molar-refractivity contribution is -0.118. The van der Waals surface area contributed by atoms with Gasteiger partial charge in [0.1, 0.15) is 0 Å². The number of benzene rings is 1. The summed E-state index contributed by atoms with van der Waals surface area (Å²) in [6, 6.07) is 3.88. The fraction of sp³-hybridized carbons (Fsp3) is 0.333. The Morgan fingerprint density at radius 1 is 1.39 bits per heavy atom. The fourth-order valence-corrected chi connectivity index (χ4v) is 1.69. The Balaban J connectivity index is 2.99. The molecular formula is C12H15BrN2O3. The van der Waals surface area contributed by atoms with Crippen LogP contribution in [0.4, 0.5) is 5.69 Å². The van der Waals surface area contributed by atoms with Gasteiger partial charge in [-0.15, -0.1) is 0 Å². The minimum atomic E-state index is -1.10. The van der Waals surface area contributed by atoms with Crippen molar-refractivity contribution in [3.8, 4) is 0 Å². The van der Waals surface area contributed by atoms with E-state index in [1.165, 1.54) is 12.1 Å². The molecule has 0 bridgehead atoms. The molecule has 0 aliphatic heterocycles. The van der Waals surface area contributed by atoms with Crippen LogP contribution in [0.5, 0.6) is 0 Å². The second kappa shape index (κ2) is 5.97. The monoisotopic (exact) mass is 314 g/mol. The lowest BCUT2D eigenvalue weighted by atomic mass is 10.0. The van der Waals surface area contributed by atoms with E-state index in [2.05, 4.69) is 21.2 Å². The highest BCUT2D eigenvalue weighted by molar-refractivity contribution is 9.10. The summed E-state index contributed by atoms with van der Waals surface area (Å²) in [5.74, 6) is -1.52. The maximum absolute atomic E-state index is 11.8. The largest absolute Gasteiger partial charge is 0.478 e.